The molecule has 3 fully saturated rings. The van der Waals surface area contributed by atoms with Crippen molar-refractivity contribution >= 4 is 5.78 Å². The molecule has 6 atom stereocenters. The summed E-state index contributed by atoms with van der Waals surface area (Å²) >= 11 is 0. The molecule has 0 aliphatic heterocycles. The van der Waals surface area contributed by atoms with E-state index in [1.165, 1.54) is 0 Å². The van der Waals surface area contributed by atoms with Crippen LogP contribution in [-0.4, -0.2) is 37.0 Å². The molecule has 0 heterocycles. The molecule has 4 aliphatic rings. The Morgan fingerprint density at radius 3 is 2.89 bits per heavy atom. The van der Waals surface area contributed by atoms with Gasteiger partial charge in [0.15, 0.2) is 0 Å². The minimum Gasteiger partial charge on any atom is -0.389 e. The molecule has 4 nitrogen and oxygen atoms in total. The lowest BCUT2D eigenvalue weighted by Gasteiger charge is -2.52. The van der Waals surface area contributed by atoms with Gasteiger partial charge in [-0.25, -0.2) is 0 Å². The maximum atomic E-state index is 12.0. The number of carbonyl (C=O) groups is 1. The number of Topliss-reactive ketones (excluding diaryl/α,β-unsaturated/α-hetero) is 1. The lowest BCUT2D eigenvalue weighted by molar-refractivity contribution is -0.159. The van der Waals surface area contributed by atoms with E-state index in [1.807, 2.05) is 6.08 Å². The normalized spacial score (nSPS) is 46.2. The third-order valence-electron chi connectivity index (χ3n) is 4.83. The minimum atomic E-state index is -0.491. The zero-order valence-corrected chi connectivity index (χ0v) is 10.6. The molecule has 18 heavy (non-hydrogen) atoms. The molecule has 0 aromatic rings. The molecule has 1 N–H and O–H groups in total. The van der Waals surface area contributed by atoms with E-state index in [9.17, 15) is 9.90 Å². The van der Waals surface area contributed by atoms with Crippen molar-refractivity contribution in [3.63, 3.8) is 0 Å². The van der Waals surface area contributed by atoms with Crippen molar-refractivity contribution in [2.75, 3.05) is 13.9 Å². The second-order valence-electron chi connectivity index (χ2n) is 5.68. The molecule has 100 valence electrons. The van der Waals surface area contributed by atoms with Gasteiger partial charge in [-0.3, -0.25) is 4.79 Å². The fourth-order valence-electron chi connectivity index (χ4n) is 4.13. The second kappa shape index (κ2) is 4.76. The van der Waals surface area contributed by atoms with Gasteiger partial charge in [-0.15, -0.1) is 0 Å². The Labute approximate surface area is 107 Å². The van der Waals surface area contributed by atoms with Gasteiger partial charge in [-0.05, 0) is 24.7 Å². The molecule has 0 spiro atoms. The first kappa shape index (κ1) is 12.3. The van der Waals surface area contributed by atoms with E-state index in [0.29, 0.717) is 18.1 Å². The van der Waals surface area contributed by atoms with Crippen LogP contribution in [-0.2, 0) is 14.3 Å². The molecule has 4 aliphatic carbocycles. The third-order valence-corrected chi connectivity index (χ3v) is 4.83. The van der Waals surface area contributed by atoms with Crippen LogP contribution in [0.5, 0.6) is 0 Å². The second-order valence-corrected chi connectivity index (χ2v) is 5.68. The van der Waals surface area contributed by atoms with E-state index in [4.69, 9.17) is 9.47 Å². The predicted molar refractivity (Wildman–Crippen MR) is 64.7 cm³/mol. The van der Waals surface area contributed by atoms with Gasteiger partial charge in [0.25, 0.3) is 0 Å². The van der Waals surface area contributed by atoms with Crippen LogP contribution in [0.3, 0.4) is 0 Å². The van der Waals surface area contributed by atoms with Gasteiger partial charge < -0.3 is 14.6 Å². The van der Waals surface area contributed by atoms with E-state index in [-0.39, 0.29) is 30.7 Å². The van der Waals surface area contributed by atoms with Gasteiger partial charge in [0, 0.05) is 25.4 Å². The highest BCUT2D eigenvalue weighted by molar-refractivity contribution is 5.83. The first-order valence-electron chi connectivity index (χ1n) is 6.72. The van der Waals surface area contributed by atoms with Crippen LogP contribution in [0.25, 0.3) is 0 Å². The Morgan fingerprint density at radius 2 is 2.17 bits per heavy atom. The quantitative estimate of drug-likeness (QED) is 0.604. The number of ether oxygens (including phenoxy) is 2. The molecule has 0 aromatic heterocycles. The molecule has 2 bridgehead atoms. The van der Waals surface area contributed by atoms with Gasteiger partial charge in [0.2, 0.25) is 0 Å². The van der Waals surface area contributed by atoms with Crippen molar-refractivity contribution < 1.29 is 19.4 Å². The topological polar surface area (TPSA) is 55.8 Å². The highest BCUT2D eigenvalue weighted by Crippen LogP contribution is 2.52. The van der Waals surface area contributed by atoms with Crippen LogP contribution in [0.1, 0.15) is 19.3 Å². The number of rotatable bonds is 3. The number of fused-ring (bicyclic) bond motifs is 2. The number of ketones is 1. The molecule has 0 aromatic carbocycles. The highest BCUT2D eigenvalue weighted by Gasteiger charge is 2.53. The fourth-order valence-corrected chi connectivity index (χ4v) is 4.13. The number of aliphatic hydroxyl groups excluding tert-OH is 1. The zero-order chi connectivity index (χ0) is 12.7. The summed E-state index contributed by atoms with van der Waals surface area (Å²) in [5.74, 6) is 1.07. The van der Waals surface area contributed by atoms with Crippen LogP contribution in [0.15, 0.2) is 12.2 Å². The summed E-state index contributed by atoms with van der Waals surface area (Å²) in [4.78, 5) is 12.0. The van der Waals surface area contributed by atoms with Crippen LogP contribution in [0.2, 0.25) is 0 Å². The average molecular weight is 252 g/mol. The minimum absolute atomic E-state index is 0.0146. The van der Waals surface area contributed by atoms with E-state index in [2.05, 4.69) is 0 Å². The molecule has 0 amide bonds. The summed E-state index contributed by atoms with van der Waals surface area (Å²) in [6.07, 6.45) is 5.91. The van der Waals surface area contributed by atoms with Crippen molar-refractivity contribution in [2.45, 2.75) is 31.5 Å². The summed E-state index contributed by atoms with van der Waals surface area (Å²) in [7, 11) is 1.61. The number of hydrogen-bond acceptors (Lipinski definition) is 4. The Morgan fingerprint density at radius 1 is 1.33 bits per heavy atom. The van der Waals surface area contributed by atoms with Gasteiger partial charge >= 0.3 is 0 Å². The van der Waals surface area contributed by atoms with Crippen LogP contribution < -0.4 is 0 Å². The standard InChI is InChI=1S/C14H20O4/c1-17-7-18-12-5-4-10(15)14-9-3-2-8(13(12)14)6-11(9)16/h4-5,8-10,12-15H,2-3,6-7H2,1H3/t8-,9+,10+,12-,13-,14+/m0/s1. The van der Waals surface area contributed by atoms with Crippen molar-refractivity contribution in [1.29, 1.82) is 0 Å². The first-order valence-corrected chi connectivity index (χ1v) is 6.72. The summed E-state index contributed by atoms with van der Waals surface area (Å²) in [5, 5.41) is 10.2. The zero-order valence-electron chi connectivity index (χ0n) is 10.6. The van der Waals surface area contributed by atoms with Gasteiger partial charge in [-0.2, -0.15) is 0 Å². The number of hydrogen-bond donors (Lipinski definition) is 1. The maximum absolute atomic E-state index is 12.0. The summed E-state index contributed by atoms with van der Waals surface area (Å²) in [5.41, 5.74) is 0. The summed E-state index contributed by atoms with van der Waals surface area (Å²) < 4.78 is 10.7. The van der Waals surface area contributed by atoms with Crippen LogP contribution in [0, 0.1) is 23.7 Å². The summed E-state index contributed by atoms with van der Waals surface area (Å²) in [6, 6.07) is 0. The van der Waals surface area contributed by atoms with E-state index in [1.54, 1.807) is 13.2 Å². The van der Waals surface area contributed by atoms with Crippen molar-refractivity contribution in [3.05, 3.63) is 12.2 Å². The molecule has 4 heteroatoms. The molecule has 4 rings (SSSR count). The number of carbonyl (C=O) groups excluding carboxylic acids is 1. The lowest BCUT2D eigenvalue weighted by Crippen LogP contribution is -2.55. The fraction of sp³-hybridized carbons (Fsp3) is 0.786. The average Bonchev–Trinajstić information content (AvgIpc) is 2.38. The molecule has 0 saturated heterocycles. The Kier molecular flexibility index (Phi) is 3.26. The Hall–Kier alpha value is -0.710. The third kappa shape index (κ3) is 1.83. The molecule has 0 unspecified atom stereocenters. The van der Waals surface area contributed by atoms with Crippen molar-refractivity contribution in [3.8, 4) is 0 Å². The van der Waals surface area contributed by atoms with E-state index >= 15 is 0 Å². The number of methoxy groups -OCH3 is 1. The number of aliphatic hydroxyl groups is 1. The largest absolute Gasteiger partial charge is 0.389 e. The summed E-state index contributed by atoms with van der Waals surface area (Å²) in [6.45, 7) is 0.264. The van der Waals surface area contributed by atoms with E-state index in [0.717, 1.165) is 12.8 Å². The highest BCUT2D eigenvalue weighted by atomic mass is 16.7. The Bertz CT molecular complexity index is 365. The van der Waals surface area contributed by atoms with Gasteiger partial charge in [0.05, 0.1) is 12.2 Å². The Balaban J connectivity index is 1.85. The monoisotopic (exact) mass is 252 g/mol. The molecule has 3 saturated carbocycles. The lowest BCUT2D eigenvalue weighted by atomic mass is 9.54. The van der Waals surface area contributed by atoms with E-state index < -0.39 is 6.10 Å². The first-order chi connectivity index (χ1) is 8.72. The van der Waals surface area contributed by atoms with Gasteiger partial charge in [0.1, 0.15) is 12.6 Å². The molecular formula is C14H20O4. The van der Waals surface area contributed by atoms with Crippen LogP contribution in [0.4, 0.5) is 0 Å². The van der Waals surface area contributed by atoms with Crippen molar-refractivity contribution in [2.24, 2.45) is 23.7 Å². The molecular weight excluding hydrogens is 232 g/mol. The predicted octanol–water partition coefficient (Wildman–Crippen LogP) is 1.14. The molecule has 0 radical (unpaired) electrons. The SMILES string of the molecule is COCO[C@H]1C=C[C@@H](O)[C@@H]2[C@H]1[C@H]1CC[C@@H]2C(=O)C1. The van der Waals surface area contributed by atoms with Crippen LogP contribution >= 0.6 is 0 Å². The maximum Gasteiger partial charge on any atom is 0.147 e. The van der Waals surface area contributed by atoms with Crippen molar-refractivity contribution in [1.82, 2.24) is 0 Å². The van der Waals surface area contributed by atoms with Gasteiger partial charge in [-0.1, -0.05) is 12.2 Å². The smallest absolute Gasteiger partial charge is 0.147 e.